The van der Waals surface area contributed by atoms with Gasteiger partial charge >= 0.3 is 0 Å². The van der Waals surface area contributed by atoms with Crippen LogP contribution in [0, 0.1) is 0 Å². The van der Waals surface area contributed by atoms with Crippen molar-refractivity contribution in [3.8, 4) is 5.75 Å². The van der Waals surface area contributed by atoms with Gasteiger partial charge in [0, 0.05) is 33.0 Å². The van der Waals surface area contributed by atoms with E-state index in [4.69, 9.17) is 25.3 Å². The summed E-state index contributed by atoms with van der Waals surface area (Å²) in [5, 5.41) is 11.8. The number of benzene rings is 1. The first-order valence-corrected chi connectivity index (χ1v) is 5.92. The number of hydrogen-bond donors (Lipinski definition) is 1. The van der Waals surface area contributed by atoms with E-state index in [-0.39, 0.29) is 10.6 Å². The molecule has 0 bridgehead atoms. The second-order valence-corrected chi connectivity index (χ2v) is 4.29. The van der Waals surface area contributed by atoms with Gasteiger partial charge in [-0.1, -0.05) is 31.3 Å². The van der Waals surface area contributed by atoms with Crippen LogP contribution >= 0.6 is 0 Å². The number of rotatable bonds is 5. The fraction of sp³-hybridized carbons (Fsp3) is 0.647. The third-order valence-corrected chi connectivity index (χ3v) is 2.82. The number of hydrogen-bond acceptors (Lipinski definition) is 3. The molecule has 3 nitrogen and oxygen atoms in total. The van der Waals surface area contributed by atoms with E-state index in [0.717, 1.165) is 19.2 Å². The molecule has 0 aliphatic heterocycles. The zero-order valence-corrected chi connectivity index (χ0v) is 11.2. The predicted octanol–water partition coefficient (Wildman–Crippen LogP) is 3.04. The molecule has 1 fully saturated rings. The first-order chi connectivity index (χ1) is 15.3. The van der Waals surface area contributed by atoms with Crippen LogP contribution in [-0.2, 0) is 0 Å². The SMILES string of the molecule is [2H]C([2H])([2H])N(C)C([2H])([2H])C(c1ccc(OC)cc1)C1(O)C([2H])([2H])C([2H])([2H])C([2H])([2H])C([2H])([2H])C1([2H])[2H]. The van der Waals surface area contributed by atoms with E-state index < -0.39 is 62.4 Å². The minimum atomic E-state index is -3.99. The van der Waals surface area contributed by atoms with Crippen molar-refractivity contribution in [1.82, 2.24) is 4.90 Å². The van der Waals surface area contributed by atoms with E-state index in [0.29, 0.717) is 0 Å². The van der Waals surface area contributed by atoms with Gasteiger partial charge in [0.1, 0.15) is 5.75 Å². The van der Waals surface area contributed by atoms with Crippen molar-refractivity contribution in [1.29, 1.82) is 0 Å². The Hall–Kier alpha value is -1.06. The maximum Gasteiger partial charge on any atom is 0.118 e. The summed E-state index contributed by atoms with van der Waals surface area (Å²) < 4.78 is 128. The molecule has 1 saturated carbocycles. The molecule has 1 aromatic carbocycles. The summed E-state index contributed by atoms with van der Waals surface area (Å²) in [4.78, 5) is 0.118. The van der Waals surface area contributed by atoms with Crippen molar-refractivity contribution < 1.29 is 30.4 Å². The summed E-state index contributed by atoms with van der Waals surface area (Å²) in [5.41, 5.74) is -4.40. The number of methoxy groups -OCH3 is 1. The van der Waals surface area contributed by atoms with E-state index in [9.17, 15) is 5.11 Å². The number of ether oxygens (including phenoxy) is 1. The van der Waals surface area contributed by atoms with Crippen molar-refractivity contribution in [3.63, 3.8) is 0 Å². The molecule has 0 heterocycles. The first kappa shape index (κ1) is 4.99. The molecule has 1 aliphatic rings. The molecule has 1 unspecified atom stereocenters. The van der Waals surface area contributed by atoms with E-state index in [1.165, 1.54) is 19.2 Å². The Morgan fingerprint density at radius 1 is 1.40 bits per heavy atom. The minimum absolute atomic E-state index is 0.118. The Balaban J connectivity index is 3.07. The third-order valence-electron chi connectivity index (χ3n) is 2.82. The molecule has 0 saturated heterocycles. The van der Waals surface area contributed by atoms with Crippen LogP contribution < -0.4 is 4.74 Å². The zero-order chi connectivity index (χ0) is 27.8. The molecule has 3 heteroatoms. The molecule has 1 atom stereocenters. The highest BCUT2D eigenvalue weighted by molar-refractivity contribution is 5.31. The van der Waals surface area contributed by atoms with E-state index >= 15 is 0 Å². The molecule has 20 heavy (non-hydrogen) atoms. The fourth-order valence-electron chi connectivity index (χ4n) is 1.86. The lowest BCUT2D eigenvalue weighted by molar-refractivity contribution is -0.0277. The molecular weight excluding hydrogens is 250 g/mol. The van der Waals surface area contributed by atoms with Gasteiger partial charge in [-0.3, -0.25) is 0 Å². The summed E-state index contributed by atoms with van der Waals surface area (Å²) in [7, 11) is 2.06. The second kappa shape index (κ2) is 6.59. The van der Waals surface area contributed by atoms with Crippen molar-refractivity contribution >= 4 is 0 Å². The van der Waals surface area contributed by atoms with Gasteiger partial charge in [0.05, 0.1) is 12.7 Å². The quantitative estimate of drug-likeness (QED) is 0.905. The van der Waals surface area contributed by atoms with Crippen LogP contribution in [0.25, 0.3) is 0 Å². The lowest BCUT2D eigenvalue weighted by atomic mass is 9.72. The maximum absolute atomic E-state index is 11.8. The van der Waals surface area contributed by atoms with E-state index in [2.05, 4.69) is 0 Å². The third kappa shape index (κ3) is 3.53. The Morgan fingerprint density at radius 2 is 2.05 bits per heavy atom. The zero-order valence-electron chi connectivity index (χ0n) is 26.2. The largest absolute Gasteiger partial charge is 0.497 e. The molecule has 0 spiro atoms. The molecule has 1 aromatic rings. The van der Waals surface area contributed by atoms with Crippen molar-refractivity contribution in [3.05, 3.63) is 29.8 Å². The Kier molecular flexibility index (Phi) is 1.65. The van der Waals surface area contributed by atoms with Crippen LogP contribution in [-0.4, -0.2) is 43.2 Å². The lowest BCUT2D eigenvalue weighted by Gasteiger charge is -2.40. The molecule has 1 aliphatic carbocycles. The van der Waals surface area contributed by atoms with Gasteiger partial charge in [0.15, 0.2) is 0 Å². The average Bonchev–Trinajstić information content (AvgIpc) is 2.71. The molecule has 112 valence electrons. The molecule has 0 aromatic heterocycles. The van der Waals surface area contributed by atoms with Crippen molar-refractivity contribution in [2.75, 3.05) is 27.6 Å². The van der Waals surface area contributed by atoms with Crippen LogP contribution in [0.5, 0.6) is 5.75 Å². The molecule has 1 N–H and O–H groups in total. The lowest BCUT2D eigenvalue weighted by Crippen LogP contribution is -2.42. The topological polar surface area (TPSA) is 32.7 Å². The first-order valence-electron chi connectivity index (χ1n) is 13.4. The van der Waals surface area contributed by atoms with Gasteiger partial charge in [0.2, 0.25) is 0 Å². The van der Waals surface area contributed by atoms with Crippen LogP contribution in [0.3, 0.4) is 0 Å². The smallest absolute Gasteiger partial charge is 0.118 e. The van der Waals surface area contributed by atoms with E-state index in [1.807, 2.05) is 0 Å². The monoisotopic (exact) mass is 292 g/mol. The van der Waals surface area contributed by atoms with Gasteiger partial charge in [0.25, 0.3) is 0 Å². The van der Waals surface area contributed by atoms with Crippen molar-refractivity contribution in [2.24, 2.45) is 0 Å². The summed E-state index contributed by atoms with van der Waals surface area (Å²) in [6.07, 6.45) is -19.7. The van der Waals surface area contributed by atoms with Gasteiger partial charge < -0.3 is 14.7 Å². The highest BCUT2D eigenvalue weighted by Crippen LogP contribution is 2.40. The van der Waals surface area contributed by atoms with Crippen LogP contribution in [0.15, 0.2) is 24.3 Å². The number of likely N-dealkylation sites (N-methyl/N-ethyl adjacent to an activating group) is 1. The fourth-order valence-corrected chi connectivity index (χ4v) is 1.86. The van der Waals surface area contributed by atoms with Gasteiger partial charge in [-0.05, 0) is 44.5 Å². The minimum Gasteiger partial charge on any atom is -0.497 e. The molecular formula is C17H27NO2. The second-order valence-electron chi connectivity index (χ2n) is 4.29. The van der Waals surface area contributed by atoms with Crippen molar-refractivity contribution in [2.45, 2.75) is 43.4 Å². The van der Waals surface area contributed by atoms with Crippen LogP contribution in [0.1, 0.15) is 63.9 Å². The summed E-state index contributed by atoms with van der Waals surface area (Å²) in [6, 6.07) is 4.61. The predicted molar refractivity (Wildman–Crippen MR) is 82.3 cm³/mol. The summed E-state index contributed by atoms with van der Waals surface area (Å²) in [6.45, 7) is -6.56. The molecule has 0 amide bonds. The van der Waals surface area contributed by atoms with E-state index in [1.54, 1.807) is 0 Å². The highest BCUT2D eigenvalue weighted by atomic mass is 16.5. The van der Waals surface area contributed by atoms with Crippen LogP contribution in [0.4, 0.5) is 0 Å². The maximum atomic E-state index is 11.8. The number of nitrogens with zero attached hydrogens (tertiary/aromatic N) is 1. The summed E-state index contributed by atoms with van der Waals surface area (Å²) in [5.74, 6) is -2.38. The Morgan fingerprint density at radius 3 is 2.60 bits per heavy atom. The highest BCUT2D eigenvalue weighted by Gasteiger charge is 2.38. The Labute approximate surface area is 143 Å². The average molecular weight is 292 g/mol. The summed E-state index contributed by atoms with van der Waals surface area (Å²) >= 11 is 0. The van der Waals surface area contributed by atoms with Gasteiger partial charge in [-0.2, -0.15) is 0 Å². The van der Waals surface area contributed by atoms with Gasteiger partial charge in [-0.25, -0.2) is 0 Å². The standard InChI is InChI=1S/C17H27NO2/c1-18(2)13-16(17(19)11-5-4-6-12-17)14-7-9-15(20-3)10-8-14/h7-10,16,19H,4-6,11-13H2,1-3H3/i1D3,4D2,5D2,6D2,11D2,12D2,13D2. The molecule has 2 rings (SSSR count). The normalized spacial score (nSPS) is 44.9. The Bertz CT molecular complexity index is 912. The number of aliphatic hydroxyl groups is 1. The van der Waals surface area contributed by atoms with Gasteiger partial charge in [-0.15, -0.1) is 0 Å². The molecule has 0 radical (unpaired) electrons. The van der Waals surface area contributed by atoms with Crippen LogP contribution in [0.2, 0.25) is 0 Å².